The fraction of sp³-hybridized carbons (Fsp3) is 0.235. The molecule has 0 atom stereocenters. The van der Waals surface area contributed by atoms with Crippen LogP contribution in [0.4, 0.5) is 0 Å². The van der Waals surface area contributed by atoms with Crippen LogP contribution >= 0.6 is 23.6 Å². The highest BCUT2D eigenvalue weighted by atomic mass is 32.1. The van der Waals surface area contributed by atoms with Gasteiger partial charge in [0.25, 0.3) is 5.56 Å². The number of methoxy groups -OCH3 is 1. The summed E-state index contributed by atoms with van der Waals surface area (Å²) in [4.78, 5) is 30.1. The number of carbonyl (C=O) groups excluding carboxylic acids is 1. The van der Waals surface area contributed by atoms with Crippen molar-refractivity contribution >= 4 is 39.6 Å². The number of aryl methyl sites for hydroxylation is 1. The van der Waals surface area contributed by atoms with Crippen LogP contribution in [0.15, 0.2) is 35.1 Å². The predicted octanol–water partition coefficient (Wildman–Crippen LogP) is 3.57. The van der Waals surface area contributed by atoms with E-state index in [1.807, 2.05) is 13.0 Å². The molecule has 2 aromatic heterocycles. The smallest absolute Gasteiger partial charge is 0.263 e. The van der Waals surface area contributed by atoms with E-state index in [2.05, 4.69) is 4.98 Å². The second-order valence-electron chi connectivity index (χ2n) is 5.29. The van der Waals surface area contributed by atoms with E-state index in [0.29, 0.717) is 16.7 Å². The third-order valence-corrected chi connectivity index (χ3v) is 5.28. The van der Waals surface area contributed by atoms with Gasteiger partial charge in [-0.1, -0.05) is 19.1 Å². The maximum absolute atomic E-state index is 12.7. The topological polar surface area (TPSA) is 64.1 Å². The van der Waals surface area contributed by atoms with Crippen molar-refractivity contribution in [2.45, 2.75) is 19.9 Å². The van der Waals surface area contributed by atoms with Gasteiger partial charge in [0, 0.05) is 10.4 Å². The van der Waals surface area contributed by atoms with E-state index >= 15 is 0 Å². The van der Waals surface area contributed by atoms with Gasteiger partial charge in [-0.05, 0) is 36.8 Å². The zero-order valence-electron chi connectivity index (χ0n) is 13.3. The molecule has 24 heavy (non-hydrogen) atoms. The Morgan fingerprint density at radius 2 is 2.17 bits per heavy atom. The minimum absolute atomic E-state index is 0.103. The summed E-state index contributed by atoms with van der Waals surface area (Å²) in [5.41, 5.74) is 0.247. The molecule has 0 saturated heterocycles. The Labute approximate surface area is 147 Å². The van der Waals surface area contributed by atoms with Crippen molar-refractivity contribution in [1.29, 1.82) is 0 Å². The van der Waals surface area contributed by atoms with Crippen LogP contribution in [0, 0.1) is 4.77 Å². The molecule has 0 fully saturated rings. The molecular weight excluding hydrogens is 344 g/mol. The van der Waals surface area contributed by atoms with Crippen LogP contribution in [0.1, 0.15) is 22.2 Å². The summed E-state index contributed by atoms with van der Waals surface area (Å²) < 4.78 is 6.70. The minimum atomic E-state index is -0.235. The first-order valence-electron chi connectivity index (χ1n) is 7.46. The number of hydrogen-bond donors (Lipinski definition) is 1. The number of Topliss-reactive ketones (excluding diaryl/α,β-unsaturated/α-hetero) is 1. The van der Waals surface area contributed by atoms with E-state index in [0.717, 1.165) is 16.1 Å². The number of benzene rings is 1. The van der Waals surface area contributed by atoms with Gasteiger partial charge >= 0.3 is 0 Å². The Bertz CT molecular complexity index is 1030. The number of aromatic nitrogens is 2. The molecule has 0 saturated carbocycles. The van der Waals surface area contributed by atoms with Gasteiger partial charge in [-0.2, -0.15) is 0 Å². The molecule has 1 N–H and O–H groups in total. The fourth-order valence-corrected chi connectivity index (χ4v) is 3.75. The van der Waals surface area contributed by atoms with Gasteiger partial charge in [-0.3, -0.25) is 14.2 Å². The lowest BCUT2D eigenvalue weighted by molar-refractivity contribution is 0.0970. The van der Waals surface area contributed by atoms with Crippen molar-refractivity contribution in [1.82, 2.24) is 9.55 Å². The van der Waals surface area contributed by atoms with Crippen LogP contribution in [0.25, 0.3) is 10.2 Å². The van der Waals surface area contributed by atoms with E-state index < -0.39 is 0 Å². The monoisotopic (exact) mass is 360 g/mol. The summed E-state index contributed by atoms with van der Waals surface area (Å²) in [5, 5.41) is 0.573. The minimum Gasteiger partial charge on any atom is -0.497 e. The molecular formula is C17H16N2O3S2. The molecule has 2 heterocycles. The van der Waals surface area contributed by atoms with Crippen molar-refractivity contribution in [3.05, 3.63) is 55.9 Å². The molecule has 124 valence electrons. The van der Waals surface area contributed by atoms with Crippen molar-refractivity contribution in [3.8, 4) is 5.75 Å². The first kappa shape index (κ1) is 16.6. The summed E-state index contributed by atoms with van der Waals surface area (Å²) in [6.07, 6.45) is 0.849. The van der Waals surface area contributed by atoms with Crippen molar-refractivity contribution in [2.24, 2.45) is 0 Å². The SMILES string of the molecule is CCc1cc2c(=O)n(CC(=O)c3cccc(OC)c3)c(=S)[nH]c2s1. The van der Waals surface area contributed by atoms with E-state index in [-0.39, 0.29) is 22.7 Å². The quantitative estimate of drug-likeness (QED) is 0.558. The summed E-state index contributed by atoms with van der Waals surface area (Å²) in [6.45, 7) is 1.93. The normalized spacial score (nSPS) is 10.9. The second-order valence-corrected chi connectivity index (χ2v) is 6.81. The Morgan fingerprint density at radius 3 is 2.88 bits per heavy atom. The van der Waals surface area contributed by atoms with Gasteiger partial charge in [-0.25, -0.2) is 0 Å². The summed E-state index contributed by atoms with van der Waals surface area (Å²) in [6, 6.07) is 8.71. The number of hydrogen-bond acceptors (Lipinski definition) is 5. The number of aromatic amines is 1. The van der Waals surface area contributed by atoms with Crippen LogP contribution in [0.3, 0.4) is 0 Å². The highest BCUT2D eigenvalue weighted by molar-refractivity contribution is 7.71. The van der Waals surface area contributed by atoms with Crippen molar-refractivity contribution in [3.63, 3.8) is 0 Å². The Kier molecular flexibility index (Phi) is 4.64. The van der Waals surface area contributed by atoms with Crippen LogP contribution in [0.5, 0.6) is 5.75 Å². The van der Waals surface area contributed by atoms with E-state index in [1.165, 1.54) is 15.9 Å². The first-order chi connectivity index (χ1) is 11.5. The molecule has 0 amide bonds. The van der Waals surface area contributed by atoms with Crippen LogP contribution in [-0.4, -0.2) is 22.4 Å². The molecule has 0 spiro atoms. The van der Waals surface area contributed by atoms with Crippen LogP contribution in [-0.2, 0) is 13.0 Å². The summed E-state index contributed by atoms with van der Waals surface area (Å²) >= 11 is 6.78. The first-order valence-corrected chi connectivity index (χ1v) is 8.68. The molecule has 0 aliphatic heterocycles. The summed E-state index contributed by atoms with van der Waals surface area (Å²) in [5.74, 6) is 0.403. The third kappa shape index (κ3) is 3.05. The standard InChI is InChI=1S/C17H16N2O3S2/c1-3-12-8-13-15(24-12)18-17(23)19(16(13)21)9-14(20)10-5-4-6-11(7-10)22-2/h4-8H,3,9H2,1-2H3,(H,18,23). The van der Waals surface area contributed by atoms with Crippen LogP contribution in [0.2, 0.25) is 0 Å². The second kappa shape index (κ2) is 6.70. The van der Waals surface area contributed by atoms with E-state index in [9.17, 15) is 9.59 Å². The average molecular weight is 360 g/mol. The molecule has 5 nitrogen and oxygen atoms in total. The average Bonchev–Trinajstić information content (AvgIpc) is 3.01. The zero-order chi connectivity index (χ0) is 17.3. The Balaban J connectivity index is 2.01. The lowest BCUT2D eigenvalue weighted by atomic mass is 10.1. The van der Waals surface area contributed by atoms with E-state index in [4.69, 9.17) is 17.0 Å². The van der Waals surface area contributed by atoms with Gasteiger partial charge in [0.15, 0.2) is 10.6 Å². The zero-order valence-corrected chi connectivity index (χ0v) is 14.9. The molecule has 0 aliphatic rings. The number of fused-ring (bicyclic) bond motifs is 1. The highest BCUT2D eigenvalue weighted by Gasteiger charge is 2.13. The molecule has 0 radical (unpaired) electrons. The number of nitrogens with zero attached hydrogens (tertiary/aromatic N) is 1. The maximum Gasteiger partial charge on any atom is 0.263 e. The number of ether oxygens (including phenoxy) is 1. The number of rotatable bonds is 5. The maximum atomic E-state index is 12.7. The number of carbonyl (C=O) groups is 1. The molecule has 1 aromatic carbocycles. The van der Waals surface area contributed by atoms with Gasteiger partial charge in [0.2, 0.25) is 0 Å². The fourth-order valence-electron chi connectivity index (χ4n) is 2.45. The molecule has 3 rings (SSSR count). The van der Waals surface area contributed by atoms with Gasteiger partial charge in [0.05, 0.1) is 19.0 Å². The van der Waals surface area contributed by atoms with Gasteiger partial charge < -0.3 is 9.72 Å². The van der Waals surface area contributed by atoms with Crippen molar-refractivity contribution in [2.75, 3.05) is 7.11 Å². The molecule has 3 aromatic rings. The number of ketones is 1. The lowest BCUT2D eigenvalue weighted by Crippen LogP contribution is -2.25. The van der Waals surface area contributed by atoms with Gasteiger partial charge in [0.1, 0.15) is 10.6 Å². The molecule has 0 aliphatic carbocycles. The van der Waals surface area contributed by atoms with Crippen LogP contribution < -0.4 is 10.3 Å². The number of nitrogens with one attached hydrogen (secondary N) is 1. The number of H-pyrrole nitrogens is 1. The highest BCUT2D eigenvalue weighted by Crippen LogP contribution is 2.21. The van der Waals surface area contributed by atoms with Gasteiger partial charge in [-0.15, -0.1) is 11.3 Å². The summed E-state index contributed by atoms with van der Waals surface area (Å²) in [7, 11) is 1.54. The van der Waals surface area contributed by atoms with E-state index in [1.54, 1.807) is 31.4 Å². The molecule has 7 heteroatoms. The Morgan fingerprint density at radius 1 is 1.38 bits per heavy atom. The lowest BCUT2D eigenvalue weighted by Gasteiger charge is -2.07. The van der Waals surface area contributed by atoms with Crippen molar-refractivity contribution < 1.29 is 9.53 Å². The third-order valence-electron chi connectivity index (χ3n) is 3.77. The predicted molar refractivity (Wildman–Crippen MR) is 98.0 cm³/mol. The Hall–Kier alpha value is -2.25. The molecule has 0 unspecified atom stereocenters. The molecule has 0 bridgehead atoms. The largest absolute Gasteiger partial charge is 0.497 e. The number of thiophene rings is 1.